The van der Waals surface area contributed by atoms with E-state index in [1.165, 1.54) is 12.8 Å². The third kappa shape index (κ3) is 3.36. The second-order valence-corrected chi connectivity index (χ2v) is 5.97. The molecule has 1 aromatic heterocycles. The molecular formula is C14H22N4O. The molecule has 0 aliphatic heterocycles. The third-order valence-corrected chi connectivity index (χ3v) is 3.87. The molecule has 1 fully saturated rings. The predicted molar refractivity (Wildman–Crippen MR) is 76.4 cm³/mol. The van der Waals surface area contributed by atoms with E-state index in [-0.39, 0.29) is 5.84 Å². The average molecular weight is 262 g/mol. The summed E-state index contributed by atoms with van der Waals surface area (Å²) in [7, 11) is 0. The van der Waals surface area contributed by atoms with E-state index in [2.05, 4.69) is 29.3 Å². The van der Waals surface area contributed by atoms with E-state index in [0.717, 1.165) is 12.8 Å². The molecular weight excluding hydrogens is 240 g/mol. The maximum Gasteiger partial charge on any atom is 0.173 e. The number of amidine groups is 1. The van der Waals surface area contributed by atoms with Gasteiger partial charge >= 0.3 is 0 Å². The Balaban J connectivity index is 2.08. The molecule has 0 atom stereocenters. The molecule has 0 bridgehead atoms. The minimum absolute atomic E-state index is 0.0896. The van der Waals surface area contributed by atoms with Crippen LogP contribution in [-0.4, -0.2) is 22.1 Å². The first kappa shape index (κ1) is 13.6. The van der Waals surface area contributed by atoms with E-state index in [1.54, 1.807) is 18.3 Å². The first-order valence-corrected chi connectivity index (χ1v) is 6.71. The van der Waals surface area contributed by atoms with Crippen LogP contribution in [0.5, 0.6) is 0 Å². The quantitative estimate of drug-likeness (QED) is 0.338. The number of nitrogens with one attached hydrogen (secondary N) is 1. The summed E-state index contributed by atoms with van der Waals surface area (Å²) < 4.78 is 0. The van der Waals surface area contributed by atoms with Gasteiger partial charge in [-0.05, 0) is 43.2 Å². The number of nitrogens with two attached hydrogens (primary N) is 1. The Labute approximate surface area is 113 Å². The van der Waals surface area contributed by atoms with Crippen LogP contribution in [-0.2, 0) is 0 Å². The zero-order valence-corrected chi connectivity index (χ0v) is 11.6. The number of hydrogen-bond acceptors (Lipinski definition) is 4. The van der Waals surface area contributed by atoms with Gasteiger partial charge in [-0.3, -0.25) is 0 Å². The average Bonchev–Trinajstić information content (AvgIpc) is 2.41. The lowest BCUT2D eigenvalue weighted by molar-refractivity contribution is 0.232. The smallest absolute Gasteiger partial charge is 0.173 e. The number of hydrogen-bond donors (Lipinski definition) is 3. The summed E-state index contributed by atoms with van der Waals surface area (Å²) in [5, 5.41) is 15.3. The van der Waals surface area contributed by atoms with Crippen molar-refractivity contribution >= 4 is 11.7 Å². The summed E-state index contributed by atoms with van der Waals surface area (Å²) in [4.78, 5) is 4.30. The van der Waals surface area contributed by atoms with Gasteiger partial charge in [-0.25, -0.2) is 4.98 Å². The second kappa shape index (κ2) is 5.47. The Bertz CT molecular complexity index is 460. The molecule has 1 heterocycles. The largest absolute Gasteiger partial charge is 0.409 e. The molecule has 0 radical (unpaired) electrons. The molecule has 2 rings (SSSR count). The van der Waals surface area contributed by atoms with Crippen LogP contribution >= 0.6 is 0 Å². The summed E-state index contributed by atoms with van der Waals surface area (Å²) in [6, 6.07) is 3.99. The number of pyridine rings is 1. The SMILES string of the molecule is CC1(C)CCC(Nc2ncccc2/C(N)=N/O)CC1. The Hall–Kier alpha value is -1.78. The van der Waals surface area contributed by atoms with E-state index in [9.17, 15) is 0 Å². The van der Waals surface area contributed by atoms with Crippen molar-refractivity contribution in [2.45, 2.75) is 45.6 Å². The normalized spacial score (nSPS) is 20.2. The van der Waals surface area contributed by atoms with Crippen LogP contribution < -0.4 is 11.1 Å². The van der Waals surface area contributed by atoms with Crippen molar-refractivity contribution < 1.29 is 5.21 Å². The predicted octanol–water partition coefficient (Wildman–Crippen LogP) is 2.56. The molecule has 1 aromatic rings. The summed E-state index contributed by atoms with van der Waals surface area (Å²) in [5.41, 5.74) is 6.75. The molecule has 5 nitrogen and oxygen atoms in total. The minimum atomic E-state index is 0.0896. The molecule has 4 N–H and O–H groups in total. The van der Waals surface area contributed by atoms with E-state index in [4.69, 9.17) is 10.9 Å². The highest BCUT2D eigenvalue weighted by molar-refractivity contribution is 6.01. The van der Waals surface area contributed by atoms with Crippen molar-refractivity contribution in [3.63, 3.8) is 0 Å². The van der Waals surface area contributed by atoms with Crippen molar-refractivity contribution in [3.8, 4) is 0 Å². The van der Waals surface area contributed by atoms with E-state index >= 15 is 0 Å². The summed E-state index contributed by atoms with van der Waals surface area (Å²) in [6.45, 7) is 4.62. The summed E-state index contributed by atoms with van der Waals surface area (Å²) in [6.07, 6.45) is 6.37. The first-order chi connectivity index (χ1) is 9.02. The molecule has 19 heavy (non-hydrogen) atoms. The van der Waals surface area contributed by atoms with Crippen molar-refractivity contribution in [2.24, 2.45) is 16.3 Å². The standard InChI is InChI=1S/C14H22N4O/c1-14(2)7-5-10(6-8-14)17-13-11(12(15)18-19)4-3-9-16-13/h3-4,9-10,19H,5-8H2,1-2H3,(H2,15,18)(H,16,17). The monoisotopic (exact) mass is 262 g/mol. The zero-order chi connectivity index (χ0) is 13.9. The molecule has 1 saturated carbocycles. The Morgan fingerprint density at radius 3 is 2.79 bits per heavy atom. The van der Waals surface area contributed by atoms with Gasteiger partial charge in [0.1, 0.15) is 5.82 Å². The zero-order valence-electron chi connectivity index (χ0n) is 11.6. The number of oxime groups is 1. The van der Waals surface area contributed by atoms with Crippen LogP contribution in [0, 0.1) is 5.41 Å². The van der Waals surface area contributed by atoms with Crippen LogP contribution in [0.3, 0.4) is 0 Å². The lowest BCUT2D eigenvalue weighted by Gasteiger charge is -2.35. The van der Waals surface area contributed by atoms with E-state index in [0.29, 0.717) is 22.8 Å². The molecule has 104 valence electrons. The highest BCUT2D eigenvalue weighted by Crippen LogP contribution is 2.36. The molecule has 1 aliphatic rings. The second-order valence-electron chi connectivity index (χ2n) is 5.97. The van der Waals surface area contributed by atoms with Gasteiger partial charge in [0.05, 0.1) is 5.56 Å². The topological polar surface area (TPSA) is 83.5 Å². The van der Waals surface area contributed by atoms with Crippen LogP contribution in [0.15, 0.2) is 23.5 Å². The number of anilines is 1. The van der Waals surface area contributed by atoms with Crippen molar-refractivity contribution in [1.82, 2.24) is 4.98 Å². The van der Waals surface area contributed by atoms with Gasteiger partial charge in [-0.2, -0.15) is 0 Å². The molecule has 0 unspecified atom stereocenters. The highest BCUT2D eigenvalue weighted by Gasteiger charge is 2.27. The van der Waals surface area contributed by atoms with Gasteiger partial charge in [0.15, 0.2) is 5.84 Å². The fourth-order valence-electron chi connectivity index (χ4n) is 2.52. The lowest BCUT2D eigenvalue weighted by Crippen LogP contribution is -2.31. The third-order valence-electron chi connectivity index (χ3n) is 3.87. The number of nitrogens with zero attached hydrogens (tertiary/aromatic N) is 2. The maximum absolute atomic E-state index is 8.79. The van der Waals surface area contributed by atoms with Crippen LogP contribution in [0.1, 0.15) is 45.1 Å². The fourth-order valence-corrected chi connectivity index (χ4v) is 2.52. The fraction of sp³-hybridized carbons (Fsp3) is 0.571. The first-order valence-electron chi connectivity index (χ1n) is 6.71. The molecule has 1 aliphatic carbocycles. The summed E-state index contributed by atoms with van der Waals surface area (Å²) in [5.74, 6) is 0.786. The minimum Gasteiger partial charge on any atom is -0.409 e. The number of rotatable bonds is 3. The van der Waals surface area contributed by atoms with Gasteiger partial charge < -0.3 is 16.3 Å². The molecule has 0 spiro atoms. The van der Waals surface area contributed by atoms with E-state index < -0.39 is 0 Å². The van der Waals surface area contributed by atoms with Gasteiger partial charge in [0.25, 0.3) is 0 Å². The van der Waals surface area contributed by atoms with Gasteiger partial charge in [0.2, 0.25) is 0 Å². The van der Waals surface area contributed by atoms with Crippen LogP contribution in [0.2, 0.25) is 0 Å². The molecule has 0 amide bonds. The highest BCUT2D eigenvalue weighted by atomic mass is 16.4. The van der Waals surface area contributed by atoms with Crippen LogP contribution in [0.25, 0.3) is 0 Å². The van der Waals surface area contributed by atoms with Crippen LogP contribution in [0.4, 0.5) is 5.82 Å². The summed E-state index contributed by atoms with van der Waals surface area (Å²) >= 11 is 0. The Kier molecular flexibility index (Phi) is 3.93. The number of aromatic nitrogens is 1. The van der Waals surface area contributed by atoms with E-state index in [1.807, 2.05) is 0 Å². The van der Waals surface area contributed by atoms with Gasteiger partial charge in [-0.15, -0.1) is 0 Å². The Morgan fingerprint density at radius 2 is 2.16 bits per heavy atom. The molecule has 0 aromatic carbocycles. The Morgan fingerprint density at radius 1 is 1.47 bits per heavy atom. The molecule has 5 heteroatoms. The van der Waals surface area contributed by atoms with Gasteiger partial charge in [-0.1, -0.05) is 19.0 Å². The maximum atomic E-state index is 8.79. The van der Waals surface area contributed by atoms with Crippen molar-refractivity contribution in [3.05, 3.63) is 23.9 Å². The molecule has 0 saturated heterocycles. The van der Waals surface area contributed by atoms with Gasteiger partial charge in [0, 0.05) is 12.2 Å². The van der Waals surface area contributed by atoms with Crippen molar-refractivity contribution in [2.75, 3.05) is 5.32 Å². The van der Waals surface area contributed by atoms with Crippen molar-refractivity contribution in [1.29, 1.82) is 0 Å². The lowest BCUT2D eigenvalue weighted by atomic mass is 9.75.